The summed E-state index contributed by atoms with van der Waals surface area (Å²) in [5, 5.41) is 10.4. The van der Waals surface area contributed by atoms with Gasteiger partial charge in [-0.25, -0.2) is 10.3 Å². The van der Waals surface area contributed by atoms with Crippen molar-refractivity contribution in [1.82, 2.24) is 10.8 Å². The van der Waals surface area contributed by atoms with E-state index in [1.165, 1.54) is 11.7 Å². The Morgan fingerprint density at radius 2 is 2.09 bits per heavy atom. The summed E-state index contributed by atoms with van der Waals surface area (Å²) in [5.41, 5.74) is 2.33. The molecule has 2 amide bonds. The maximum Gasteiger partial charge on any atom is 0.342 e. The zero-order valence-corrected chi connectivity index (χ0v) is 5.74. The van der Waals surface area contributed by atoms with E-state index in [9.17, 15) is 4.79 Å². The van der Waals surface area contributed by atoms with Gasteiger partial charge in [0.2, 0.25) is 0 Å². The van der Waals surface area contributed by atoms with E-state index in [0.717, 1.165) is 5.57 Å². The van der Waals surface area contributed by atoms with Crippen molar-refractivity contribution in [2.45, 2.75) is 0 Å². The fourth-order valence-corrected chi connectivity index (χ4v) is 0.666. The molecular weight excluding hydrogens is 144 g/mol. The lowest BCUT2D eigenvalue weighted by molar-refractivity contribution is 0.164. The third-order valence-electron chi connectivity index (χ3n) is 1.16. The molecule has 0 fully saturated rings. The van der Waals surface area contributed by atoms with E-state index in [1.54, 1.807) is 0 Å². The lowest BCUT2D eigenvalue weighted by Gasteiger charge is -1.95. The van der Waals surface area contributed by atoms with E-state index in [-0.39, 0.29) is 0 Å². The molecule has 11 heavy (non-hydrogen) atoms. The fraction of sp³-hybridized carbons (Fsp3) is 0. The van der Waals surface area contributed by atoms with Crippen molar-refractivity contribution in [2.75, 3.05) is 0 Å². The summed E-state index contributed by atoms with van der Waals surface area (Å²) in [5.74, 6) is 0. The molecule has 0 aromatic heterocycles. The monoisotopic (exact) mass is 152 g/mol. The first-order chi connectivity index (χ1) is 5.33. The minimum Gasteiger partial charge on any atom is -0.312 e. The molecule has 0 aromatic rings. The molecule has 0 saturated heterocycles. The first-order valence-electron chi connectivity index (χ1n) is 3.08. The van der Waals surface area contributed by atoms with Crippen LogP contribution in [0.25, 0.3) is 0 Å². The minimum atomic E-state index is -0.647. The molecule has 0 heterocycles. The van der Waals surface area contributed by atoms with Crippen molar-refractivity contribution < 1.29 is 10.0 Å². The molecule has 0 saturated carbocycles. The lowest BCUT2D eigenvalue weighted by atomic mass is 10.3. The Balaban J connectivity index is 2.41. The summed E-state index contributed by atoms with van der Waals surface area (Å²) in [6.07, 6.45) is 8.86. The molecule has 1 rings (SSSR count). The molecule has 1 aliphatic rings. The molecule has 1 aliphatic carbocycles. The first kappa shape index (κ1) is 7.56. The van der Waals surface area contributed by atoms with E-state index in [1.807, 2.05) is 24.3 Å². The summed E-state index contributed by atoms with van der Waals surface area (Å²) in [6.45, 7) is 0. The Morgan fingerprint density at radius 3 is 2.64 bits per heavy atom. The first-order valence-corrected chi connectivity index (χ1v) is 3.08. The van der Waals surface area contributed by atoms with E-state index in [0.29, 0.717) is 0 Å². The van der Waals surface area contributed by atoms with Crippen molar-refractivity contribution in [3.63, 3.8) is 0 Å². The summed E-state index contributed by atoms with van der Waals surface area (Å²) >= 11 is 0. The summed E-state index contributed by atoms with van der Waals surface area (Å²) in [4.78, 5) is 10.4. The van der Waals surface area contributed by atoms with Crippen molar-refractivity contribution in [3.05, 3.63) is 36.1 Å². The van der Waals surface area contributed by atoms with Crippen molar-refractivity contribution >= 4 is 6.03 Å². The summed E-state index contributed by atoms with van der Waals surface area (Å²) in [7, 11) is 0. The number of urea groups is 1. The molecule has 3 N–H and O–H groups in total. The van der Waals surface area contributed by atoms with E-state index in [2.05, 4.69) is 5.32 Å². The van der Waals surface area contributed by atoms with Gasteiger partial charge in [0.05, 0.1) is 0 Å². The van der Waals surface area contributed by atoms with Gasteiger partial charge in [0.1, 0.15) is 0 Å². The van der Waals surface area contributed by atoms with Crippen LogP contribution in [0.4, 0.5) is 4.79 Å². The average molecular weight is 152 g/mol. The van der Waals surface area contributed by atoms with E-state index < -0.39 is 6.03 Å². The highest BCUT2D eigenvalue weighted by atomic mass is 16.5. The second-order valence-electron chi connectivity index (χ2n) is 1.95. The van der Waals surface area contributed by atoms with Crippen LogP contribution in [0.2, 0.25) is 0 Å². The molecule has 0 spiro atoms. The number of allylic oxidation sites excluding steroid dienone is 5. The quantitative estimate of drug-likeness (QED) is 0.382. The minimum absolute atomic E-state index is 0.647. The topological polar surface area (TPSA) is 61.4 Å². The number of rotatable bonds is 1. The molecule has 4 nitrogen and oxygen atoms in total. The smallest absolute Gasteiger partial charge is 0.312 e. The number of hydroxylamine groups is 1. The van der Waals surface area contributed by atoms with Crippen molar-refractivity contribution in [1.29, 1.82) is 0 Å². The Kier molecular flexibility index (Phi) is 2.46. The van der Waals surface area contributed by atoms with Crippen LogP contribution >= 0.6 is 0 Å². The Morgan fingerprint density at radius 1 is 1.45 bits per heavy atom. The molecule has 0 radical (unpaired) electrons. The van der Waals surface area contributed by atoms with Gasteiger partial charge in [-0.05, 0) is 5.57 Å². The Bertz CT molecular complexity index is 227. The second-order valence-corrected chi connectivity index (χ2v) is 1.95. The normalized spacial score (nSPS) is 13.4. The van der Waals surface area contributed by atoms with Gasteiger partial charge in [-0.1, -0.05) is 24.3 Å². The number of hydrogen-bond acceptors (Lipinski definition) is 2. The van der Waals surface area contributed by atoms with Gasteiger partial charge in [0.25, 0.3) is 0 Å². The van der Waals surface area contributed by atoms with Crippen molar-refractivity contribution in [3.8, 4) is 0 Å². The van der Waals surface area contributed by atoms with Crippen LogP contribution in [0.3, 0.4) is 0 Å². The third-order valence-corrected chi connectivity index (χ3v) is 1.16. The van der Waals surface area contributed by atoms with Gasteiger partial charge >= 0.3 is 6.03 Å². The Hall–Kier alpha value is -1.55. The zero-order chi connectivity index (χ0) is 8.10. The molecule has 0 unspecified atom stereocenters. The number of amides is 2. The van der Waals surface area contributed by atoms with Crippen molar-refractivity contribution in [2.24, 2.45) is 0 Å². The molecule has 58 valence electrons. The van der Waals surface area contributed by atoms with Crippen LogP contribution in [0.15, 0.2) is 36.1 Å². The SMILES string of the molecule is O=C(NO)NC=C1C=CC=C1. The van der Waals surface area contributed by atoms with Crippen LogP contribution in [0.1, 0.15) is 0 Å². The predicted molar refractivity (Wildman–Crippen MR) is 39.8 cm³/mol. The van der Waals surface area contributed by atoms with Gasteiger partial charge in [-0.3, -0.25) is 5.21 Å². The molecule has 0 atom stereocenters. The van der Waals surface area contributed by atoms with E-state index in [4.69, 9.17) is 5.21 Å². The summed E-state index contributed by atoms with van der Waals surface area (Å²) < 4.78 is 0. The average Bonchev–Trinajstić information content (AvgIpc) is 2.52. The number of hydrogen-bond donors (Lipinski definition) is 3. The third kappa shape index (κ3) is 2.27. The van der Waals surface area contributed by atoms with Crippen LogP contribution in [0.5, 0.6) is 0 Å². The molecular formula is C7H8N2O2. The van der Waals surface area contributed by atoms with Crippen LogP contribution in [-0.2, 0) is 0 Å². The van der Waals surface area contributed by atoms with Gasteiger partial charge in [-0.2, -0.15) is 0 Å². The highest BCUT2D eigenvalue weighted by molar-refractivity contribution is 5.73. The lowest BCUT2D eigenvalue weighted by Crippen LogP contribution is -2.29. The van der Waals surface area contributed by atoms with Crippen LogP contribution < -0.4 is 10.8 Å². The molecule has 0 aliphatic heterocycles. The maximum absolute atomic E-state index is 10.4. The van der Waals surface area contributed by atoms with Gasteiger partial charge in [0.15, 0.2) is 0 Å². The number of nitrogens with one attached hydrogen (secondary N) is 2. The number of carbonyl (C=O) groups is 1. The standard InChI is InChI=1S/C7H8N2O2/c10-7(9-11)8-5-6-3-1-2-4-6/h1-5,11H,(H2,8,9,10). The Labute approximate surface area is 63.9 Å². The van der Waals surface area contributed by atoms with Gasteiger partial charge in [-0.15, -0.1) is 0 Å². The second kappa shape index (κ2) is 3.58. The van der Waals surface area contributed by atoms with E-state index >= 15 is 0 Å². The molecule has 0 aromatic carbocycles. The zero-order valence-electron chi connectivity index (χ0n) is 5.74. The summed E-state index contributed by atoms with van der Waals surface area (Å²) in [6, 6.07) is -0.647. The number of carbonyl (C=O) groups excluding carboxylic acids is 1. The maximum atomic E-state index is 10.4. The highest BCUT2D eigenvalue weighted by Crippen LogP contribution is 2.04. The molecule has 0 bridgehead atoms. The largest absolute Gasteiger partial charge is 0.342 e. The van der Waals surface area contributed by atoms with Gasteiger partial charge in [0, 0.05) is 6.20 Å². The van der Waals surface area contributed by atoms with Crippen LogP contribution in [0, 0.1) is 0 Å². The highest BCUT2D eigenvalue weighted by Gasteiger charge is 1.94. The fourth-order valence-electron chi connectivity index (χ4n) is 0.666. The van der Waals surface area contributed by atoms with Gasteiger partial charge < -0.3 is 5.32 Å². The van der Waals surface area contributed by atoms with Crippen LogP contribution in [-0.4, -0.2) is 11.2 Å². The molecule has 4 heteroatoms. The predicted octanol–water partition coefficient (Wildman–Crippen LogP) is 0.685.